The monoisotopic (exact) mass is 588 g/mol. The zero-order chi connectivity index (χ0) is 29.8. The maximum atomic E-state index is 14.7. The van der Waals surface area contributed by atoms with Crippen molar-refractivity contribution >= 4 is 5.57 Å². The van der Waals surface area contributed by atoms with Gasteiger partial charge in [0.1, 0.15) is 0 Å². The lowest BCUT2D eigenvalue weighted by atomic mass is 9.72. The molecule has 230 valence electrons. The summed E-state index contributed by atoms with van der Waals surface area (Å²) in [5, 5.41) is 9.65. The van der Waals surface area contributed by atoms with Crippen molar-refractivity contribution in [2.45, 2.75) is 103 Å². The number of aliphatic hydroxyl groups is 1. The minimum atomic E-state index is -1.03. The fourth-order valence-electron chi connectivity index (χ4n) is 7.43. The number of aliphatic hydroxyl groups excluding tert-OH is 1. The highest BCUT2D eigenvalue weighted by atomic mass is 19.2. The summed E-state index contributed by atoms with van der Waals surface area (Å²) in [6.07, 6.45) is 11.9. The van der Waals surface area contributed by atoms with E-state index in [4.69, 9.17) is 9.47 Å². The number of rotatable bonds is 9. The van der Waals surface area contributed by atoms with Gasteiger partial charge in [-0.25, -0.2) is 13.2 Å². The quantitative estimate of drug-likeness (QED) is 0.297. The fraction of sp³-hybridized carbons (Fsp3) is 0.600. The summed E-state index contributed by atoms with van der Waals surface area (Å²) in [6.45, 7) is 4.20. The number of ether oxygens (including phenoxy) is 2. The van der Waals surface area contributed by atoms with Crippen LogP contribution in [0.1, 0.15) is 113 Å². The van der Waals surface area contributed by atoms with E-state index < -0.39 is 29.4 Å². The van der Waals surface area contributed by atoms with E-state index in [9.17, 15) is 22.7 Å². The Labute approximate surface area is 247 Å². The predicted molar refractivity (Wildman–Crippen MR) is 156 cm³/mol. The predicted octanol–water partition coefficient (Wildman–Crippen LogP) is 9.43. The van der Waals surface area contributed by atoms with Gasteiger partial charge in [-0.3, -0.25) is 0 Å². The van der Waals surface area contributed by atoms with Crippen LogP contribution in [0.2, 0.25) is 0 Å². The summed E-state index contributed by atoms with van der Waals surface area (Å²) in [7, 11) is 0. The number of benzene rings is 2. The van der Waals surface area contributed by atoms with E-state index in [0.717, 1.165) is 82.8 Å². The van der Waals surface area contributed by atoms with Gasteiger partial charge in [-0.15, -0.1) is 0 Å². The average molecular weight is 589 g/mol. The van der Waals surface area contributed by atoms with Crippen LogP contribution in [-0.4, -0.2) is 24.4 Å². The van der Waals surface area contributed by atoms with E-state index in [1.165, 1.54) is 19.1 Å². The van der Waals surface area contributed by atoms with Gasteiger partial charge in [-0.2, -0.15) is 4.39 Å². The number of halogens is 4. The van der Waals surface area contributed by atoms with Crippen molar-refractivity contribution in [3.63, 3.8) is 0 Å². The molecule has 2 saturated carbocycles. The van der Waals surface area contributed by atoms with Gasteiger partial charge >= 0.3 is 0 Å². The molecule has 7 heteroatoms. The molecule has 0 aliphatic heterocycles. The molecular formula is C35H44F4O3. The van der Waals surface area contributed by atoms with Gasteiger partial charge in [-0.05, 0) is 131 Å². The normalized spacial score (nSPS) is 27.4. The van der Waals surface area contributed by atoms with Crippen LogP contribution in [0.25, 0.3) is 5.57 Å². The van der Waals surface area contributed by atoms with Crippen LogP contribution >= 0.6 is 0 Å². The summed E-state index contributed by atoms with van der Waals surface area (Å²) >= 11 is 0. The molecule has 2 fully saturated rings. The maximum absolute atomic E-state index is 14.7. The summed E-state index contributed by atoms with van der Waals surface area (Å²) in [6, 6.07) is 6.31. The molecule has 2 aromatic carbocycles. The highest BCUT2D eigenvalue weighted by Gasteiger charge is 2.31. The number of allylic oxidation sites excluding steroid dienone is 2. The van der Waals surface area contributed by atoms with Crippen LogP contribution in [0.15, 0.2) is 30.3 Å². The second-order valence-electron chi connectivity index (χ2n) is 12.6. The van der Waals surface area contributed by atoms with Crippen molar-refractivity contribution < 1.29 is 32.1 Å². The largest absolute Gasteiger partial charge is 0.491 e. The first-order chi connectivity index (χ1) is 20.3. The van der Waals surface area contributed by atoms with E-state index in [1.54, 1.807) is 19.1 Å². The molecule has 2 atom stereocenters. The topological polar surface area (TPSA) is 38.7 Å². The molecule has 0 heterocycles. The molecular weight excluding hydrogens is 544 g/mol. The van der Waals surface area contributed by atoms with E-state index in [0.29, 0.717) is 35.5 Å². The Hall–Kier alpha value is -2.38. The minimum absolute atomic E-state index is 0.00394. The van der Waals surface area contributed by atoms with Gasteiger partial charge in [0.25, 0.3) is 0 Å². The highest BCUT2D eigenvalue weighted by molar-refractivity contribution is 5.67. The third-order valence-electron chi connectivity index (χ3n) is 9.98. The first kappa shape index (κ1) is 31.1. The second-order valence-corrected chi connectivity index (χ2v) is 12.6. The smallest absolute Gasteiger partial charge is 0.201 e. The molecule has 5 rings (SSSR count). The Morgan fingerprint density at radius 1 is 0.810 bits per heavy atom. The molecule has 0 spiro atoms. The van der Waals surface area contributed by atoms with E-state index >= 15 is 0 Å². The van der Waals surface area contributed by atoms with Crippen LogP contribution in [0.3, 0.4) is 0 Å². The number of hydrogen-bond acceptors (Lipinski definition) is 3. The van der Waals surface area contributed by atoms with Crippen molar-refractivity contribution in [3.05, 3.63) is 70.3 Å². The number of hydrogen-bond donors (Lipinski definition) is 1. The molecule has 1 N–H and O–H groups in total. The molecule has 0 radical (unpaired) electrons. The Bertz CT molecular complexity index is 1240. The third-order valence-corrected chi connectivity index (χ3v) is 9.98. The SMILES string of the molecule is CCOc1ccc(C2=CCC(C3CCC(OCC4CCC(c5ccc(C(C)O)c(F)c5F)CC4)CC3)CC2)c(F)c1F. The molecule has 0 aromatic heterocycles. The first-order valence-corrected chi connectivity index (χ1v) is 15.8. The summed E-state index contributed by atoms with van der Waals surface area (Å²) in [5.41, 5.74) is 1.68. The Morgan fingerprint density at radius 2 is 1.55 bits per heavy atom. The Morgan fingerprint density at radius 3 is 2.19 bits per heavy atom. The molecule has 0 saturated heterocycles. The molecule has 2 unspecified atom stereocenters. The van der Waals surface area contributed by atoms with Gasteiger partial charge in [0, 0.05) is 17.7 Å². The van der Waals surface area contributed by atoms with E-state index in [2.05, 4.69) is 6.08 Å². The molecule has 3 aliphatic carbocycles. The Kier molecular flexibility index (Phi) is 10.3. The fourth-order valence-corrected chi connectivity index (χ4v) is 7.43. The molecule has 3 aliphatic rings. The molecule has 2 aromatic rings. The van der Waals surface area contributed by atoms with Crippen molar-refractivity contribution in [1.82, 2.24) is 0 Å². The van der Waals surface area contributed by atoms with Gasteiger partial charge in [0.15, 0.2) is 23.2 Å². The molecule has 0 amide bonds. The Balaban J connectivity index is 1.04. The van der Waals surface area contributed by atoms with Crippen molar-refractivity contribution in [2.24, 2.45) is 17.8 Å². The van der Waals surface area contributed by atoms with Crippen molar-refractivity contribution in [2.75, 3.05) is 13.2 Å². The highest BCUT2D eigenvalue weighted by Crippen LogP contribution is 2.42. The summed E-state index contributed by atoms with van der Waals surface area (Å²) in [5.74, 6) is -1.84. The molecule has 3 nitrogen and oxygen atoms in total. The van der Waals surface area contributed by atoms with Crippen LogP contribution in [-0.2, 0) is 4.74 Å². The lowest BCUT2D eigenvalue weighted by Gasteiger charge is -2.36. The van der Waals surface area contributed by atoms with Crippen LogP contribution in [0, 0.1) is 41.0 Å². The second kappa shape index (κ2) is 13.9. The molecule has 42 heavy (non-hydrogen) atoms. The average Bonchev–Trinajstić information content (AvgIpc) is 3.00. The van der Waals surface area contributed by atoms with Crippen LogP contribution in [0.5, 0.6) is 5.75 Å². The van der Waals surface area contributed by atoms with Crippen molar-refractivity contribution in [1.29, 1.82) is 0 Å². The third kappa shape index (κ3) is 6.88. The van der Waals surface area contributed by atoms with Gasteiger partial charge in [0.2, 0.25) is 5.82 Å². The van der Waals surface area contributed by atoms with Gasteiger partial charge in [-0.1, -0.05) is 18.2 Å². The lowest BCUT2D eigenvalue weighted by molar-refractivity contribution is -0.0132. The zero-order valence-corrected chi connectivity index (χ0v) is 24.8. The standard InChI is InChI=1S/C35H44F4O3/c1-3-41-31-19-18-30(34(38)35(31)39)26-10-8-23(9-11-26)24-12-14-27(15-13-24)42-20-22-4-6-25(7-5-22)29-17-16-28(21(2)40)32(36)33(29)37/h10,16-19,21-25,27,40H,3-9,11-15,20H2,1-2H3. The van der Waals surface area contributed by atoms with Gasteiger partial charge < -0.3 is 14.6 Å². The minimum Gasteiger partial charge on any atom is -0.491 e. The summed E-state index contributed by atoms with van der Waals surface area (Å²) in [4.78, 5) is 0. The zero-order valence-electron chi connectivity index (χ0n) is 24.8. The maximum Gasteiger partial charge on any atom is 0.201 e. The van der Waals surface area contributed by atoms with E-state index in [1.807, 2.05) is 0 Å². The van der Waals surface area contributed by atoms with Gasteiger partial charge in [0.05, 0.1) is 18.8 Å². The first-order valence-electron chi connectivity index (χ1n) is 15.8. The molecule has 0 bridgehead atoms. The summed E-state index contributed by atoms with van der Waals surface area (Å²) < 4.78 is 69.6. The van der Waals surface area contributed by atoms with Crippen LogP contribution in [0.4, 0.5) is 17.6 Å². The lowest BCUT2D eigenvalue weighted by Crippen LogP contribution is -2.29. The van der Waals surface area contributed by atoms with E-state index in [-0.39, 0.29) is 23.3 Å². The van der Waals surface area contributed by atoms with Crippen molar-refractivity contribution in [3.8, 4) is 5.75 Å². The van der Waals surface area contributed by atoms with Crippen LogP contribution < -0.4 is 4.74 Å².